The van der Waals surface area contributed by atoms with Gasteiger partial charge in [0.25, 0.3) is 0 Å². The van der Waals surface area contributed by atoms with Crippen LogP contribution in [0.1, 0.15) is 27.2 Å². The number of nitrogens with zero attached hydrogens (tertiary/aromatic N) is 3. The molecule has 1 aromatic carbocycles. The lowest BCUT2D eigenvalue weighted by Crippen LogP contribution is -2.68. The summed E-state index contributed by atoms with van der Waals surface area (Å²) in [5, 5.41) is 3.78. The number of rotatable bonds is 3. The SMILES string of the molecule is CCN=C(NC1C2CCOC2C1(C)C)N1CCN(c2ccc(F)cc2)CC1.I. The van der Waals surface area contributed by atoms with Crippen LogP contribution in [0.15, 0.2) is 29.3 Å². The van der Waals surface area contributed by atoms with Gasteiger partial charge in [-0.25, -0.2) is 4.39 Å². The molecule has 2 aliphatic heterocycles. The molecular formula is C21H32FIN4O. The molecule has 0 radical (unpaired) electrons. The molecule has 5 nitrogen and oxygen atoms in total. The number of piperazine rings is 1. The minimum absolute atomic E-state index is 0. The molecule has 7 heteroatoms. The molecule has 156 valence electrons. The molecule has 2 heterocycles. The van der Waals surface area contributed by atoms with Crippen molar-refractivity contribution >= 4 is 35.6 Å². The smallest absolute Gasteiger partial charge is 0.194 e. The van der Waals surface area contributed by atoms with Gasteiger partial charge in [-0.2, -0.15) is 0 Å². The lowest BCUT2D eigenvalue weighted by Gasteiger charge is -2.55. The summed E-state index contributed by atoms with van der Waals surface area (Å²) in [5.41, 5.74) is 1.23. The molecule has 3 unspecified atom stereocenters. The number of guanidine groups is 1. The van der Waals surface area contributed by atoms with E-state index < -0.39 is 0 Å². The van der Waals surface area contributed by atoms with Crippen LogP contribution in [0.4, 0.5) is 10.1 Å². The fraction of sp³-hybridized carbons (Fsp3) is 0.667. The third kappa shape index (κ3) is 3.97. The van der Waals surface area contributed by atoms with Gasteiger partial charge in [-0.1, -0.05) is 13.8 Å². The highest BCUT2D eigenvalue weighted by molar-refractivity contribution is 14.0. The van der Waals surface area contributed by atoms with Crippen LogP contribution >= 0.6 is 24.0 Å². The molecule has 0 bridgehead atoms. The molecular weight excluding hydrogens is 470 g/mol. The van der Waals surface area contributed by atoms with E-state index in [9.17, 15) is 4.39 Å². The monoisotopic (exact) mass is 502 g/mol. The van der Waals surface area contributed by atoms with Gasteiger partial charge in [0.15, 0.2) is 5.96 Å². The van der Waals surface area contributed by atoms with E-state index in [-0.39, 0.29) is 35.2 Å². The van der Waals surface area contributed by atoms with Crippen LogP contribution < -0.4 is 10.2 Å². The summed E-state index contributed by atoms with van der Waals surface area (Å²) < 4.78 is 19.1. The van der Waals surface area contributed by atoms with Crippen molar-refractivity contribution in [3.05, 3.63) is 30.1 Å². The van der Waals surface area contributed by atoms with E-state index >= 15 is 0 Å². The van der Waals surface area contributed by atoms with Crippen LogP contribution in [0.5, 0.6) is 0 Å². The van der Waals surface area contributed by atoms with Gasteiger partial charge in [-0.15, -0.1) is 24.0 Å². The first-order valence-electron chi connectivity index (χ1n) is 10.2. The number of ether oxygens (including phenoxy) is 1. The Bertz CT molecular complexity index is 688. The Morgan fingerprint density at radius 3 is 2.54 bits per heavy atom. The Labute approximate surface area is 184 Å². The average Bonchev–Trinajstić information content (AvgIpc) is 3.13. The Morgan fingerprint density at radius 1 is 1.21 bits per heavy atom. The number of halogens is 2. The molecule has 1 N–H and O–H groups in total. The van der Waals surface area contributed by atoms with Gasteiger partial charge in [0.1, 0.15) is 5.82 Å². The molecule has 1 aliphatic carbocycles. The van der Waals surface area contributed by atoms with E-state index in [1.54, 1.807) is 0 Å². The third-order valence-electron chi connectivity index (χ3n) is 6.46. The van der Waals surface area contributed by atoms with Crippen LogP contribution in [0.25, 0.3) is 0 Å². The summed E-state index contributed by atoms with van der Waals surface area (Å²) in [6.45, 7) is 12.0. The molecule has 4 rings (SSSR count). The van der Waals surface area contributed by atoms with Crippen molar-refractivity contribution in [3.63, 3.8) is 0 Å². The normalized spacial score (nSPS) is 29.0. The van der Waals surface area contributed by atoms with E-state index in [2.05, 4.69) is 35.9 Å². The van der Waals surface area contributed by atoms with Gasteiger partial charge in [-0.05, 0) is 37.6 Å². The van der Waals surface area contributed by atoms with Crippen LogP contribution in [0.3, 0.4) is 0 Å². The lowest BCUT2D eigenvalue weighted by atomic mass is 9.57. The lowest BCUT2D eigenvalue weighted by molar-refractivity contribution is -0.107. The first-order valence-corrected chi connectivity index (χ1v) is 10.2. The van der Waals surface area contributed by atoms with E-state index in [1.165, 1.54) is 12.1 Å². The number of benzene rings is 1. The van der Waals surface area contributed by atoms with Crippen molar-refractivity contribution in [2.45, 2.75) is 39.3 Å². The maximum absolute atomic E-state index is 13.2. The predicted molar refractivity (Wildman–Crippen MR) is 122 cm³/mol. The number of fused-ring (bicyclic) bond motifs is 1. The highest BCUT2D eigenvalue weighted by Crippen LogP contribution is 2.52. The van der Waals surface area contributed by atoms with Crippen LogP contribution in [-0.2, 0) is 4.74 Å². The molecule has 3 aliphatic rings. The topological polar surface area (TPSA) is 40.1 Å². The summed E-state index contributed by atoms with van der Waals surface area (Å²) in [6.07, 6.45) is 1.52. The zero-order valence-electron chi connectivity index (χ0n) is 17.0. The highest BCUT2D eigenvalue weighted by Gasteiger charge is 2.59. The van der Waals surface area contributed by atoms with Crippen molar-refractivity contribution in [1.82, 2.24) is 10.2 Å². The molecule has 0 amide bonds. The Hall–Kier alpha value is -1.09. The van der Waals surface area contributed by atoms with Gasteiger partial charge in [0, 0.05) is 62.4 Å². The second-order valence-electron chi connectivity index (χ2n) is 8.44. The molecule has 1 saturated carbocycles. The molecule has 28 heavy (non-hydrogen) atoms. The Balaban J connectivity index is 0.00000225. The molecule has 0 aromatic heterocycles. The number of nitrogens with one attached hydrogen (secondary N) is 1. The summed E-state index contributed by atoms with van der Waals surface area (Å²) >= 11 is 0. The third-order valence-corrected chi connectivity index (χ3v) is 6.46. The first-order chi connectivity index (χ1) is 13.0. The van der Waals surface area contributed by atoms with Crippen molar-refractivity contribution in [2.75, 3.05) is 44.2 Å². The number of aliphatic imine (C=N–C) groups is 1. The zero-order valence-corrected chi connectivity index (χ0v) is 19.4. The summed E-state index contributed by atoms with van der Waals surface area (Å²) in [4.78, 5) is 9.46. The Morgan fingerprint density at radius 2 is 1.89 bits per heavy atom. The molecule has 0 spiro atoms. The van der Waals surface area contributed by atoms with Gasteiger partial charge in [-0.3, -0.25) is 4.99 Å². The maximum Gasteiger partial charge on any atom is 0.194 e. The van der Waals surface area contributed by atoms with Crippen LogP contribution in [0, 0.1) is 17.2 Å². The molecule has 3 atom stereocenters. The fourth-order valence-electron chi connectivity index (χ4n) is 4.97. The summed E-state index contributed by atoms with van der Waals surface area (Å²) in [5.74, 6) is 1.44. The molecule has 3 fully saturated rings. The largest absolute Gasteiger partial charge is 0.377 e. The van der Waals surface area contributed by atoms with Gasteiger partial charge in [0.2, 0.25) is 0 Å². The van der Waals surface area contributed by atoms with Crippen molar-refractivity contribution in [2.24, 2.45) is 16.3 Å². The number of anilines is 1. The van der Waals surface area contributed by atoms with Crippen LogP contribution in [-0.4, -0.2) is 62.3 Å². The minimum atomic E-state index is -0.184. The van der Waals surface area contributed by atoms with Gasteiger partial charge < -0.3 is 19.9 Å². The minimum Gasteiger partial charge on any atom is -0.377 e. The van der Waals surface area contributed by atoms with Crippen LogP contribution in [0.2, 0.25) is 0 Å². The number of hydrogen-bond donors (Lipinski definition) is 1. The standard InChI is InChI=1S/C21H31FN4O.HI/c1-4-23-20(24-18-17-9-14-27-19(17)21(18,2)3)26-12-10-25(11-13-26)16-7-5-15(22)6-8-16;/h5-8,17-19H,4,9-14H2,1-3H3,(H,23,24);1H. The van der Waals surface area contributed by atoms with Gasteiger partial charge in [0.05, 0.1) is 6.10 Å². The zero-order chi connectivity index (χ0) is 19.0. The van der Waals surface area contributed by atoms with E-state index in [1.807, 2.05) is 12.1 Å². The van der Waals surface area contributed by atoms with Crippen molar-refractivity contribution in [1.29, 1.82) is 0 Å². The Kier molecular flexibility index (Phi) is 6.74. The summed E-state index contributed by atoms with van der Waals surface area (Å²) in [6, 6.07) is 7.21. The summed E-state index contributed by atoms with van der Waals surface area (Å²) in [7, 11) is 0. The maximum atomic E-state index is 13.2. The van der Waals surface area contributed by atoms with E-state index in [0.29, 0.717) is 18.1 Å². The average molecular weight is 502 g/mol. The highest BCUT2D eigenvalue weighted by atomic mass is 127. The van der Waals surface area contributed by atoms with Crippen molar-refractivity contribution < 1.29 is 9.13 Å². The van der Waals surface area contributed by atoms with Gasteiger partial charge >= 0.3 is 0 Å². The van der Waals surface area contributed by atoms with Crippen molar-refractivity contribution in [3.8, 4) is 0 Å². The predicted octanol–water partition coefficient (Wildman–Crippen LogP) is 3.34. The quantitative estimate of drug-likeness (QED) is 0.391. The van der Waals surface area contributed by atoms with E-state index in [0.717, 1.165) is 57.4 Å². The molecule has 2 saturated heterocycles. The van der Waals surface area contributed by atoms with E-state index in [4.69, 9.17) is 9.73 Å². The second-order valence-corrected chi connectivity index (χ2v) is 8.44. The molecule has 1 aromatic rings. The second kappa shape index (κ2) is 8.73. The fourth-order valence-corrected chi connectivity index (χ4v) is 4.97. The number of hydrogen-bond acceptors (Lipinski definition) is 3. The first kappa shape index (κ1) is 21.6.